The minimum atomic E-state index is -3.49. The SMILES string of the molecule is CCNS(=O)(=O)c1ccc(OCCNC(=O)Oc2ccccc2)c(C)c1. The topological polar surface area (TPSA) is 93.7 Å². The zero-order chi connectivity index (χ0) is 19.0. The molecule has 0 aliphatic carbocycles. The number of amides is 1. The molecule has 0 saturated carbocycles. The first-order valence-electron chi connectivity index (χ1n) is 8.16. The number of hydrogen-bond donors (Lipinski definition) is 2. The van der Waals surface area contributed by atoms with Crippen LogP contribution >= 0.6 is 0 Å². The maximum atomic E-state index is 12.0. The van der Waals surface area contributed by atoms with Crippen LogP contribution in [0.15, 0.2) is 53.4 Å². The Hall–Kier alpha value is -2.58. The second-order valence-corrected chi connectivity index (χ2v) is 7.17. The highest BCUT2D eigenvalue weighted by atomic mass is 32.2. The highest BCUT2D eigenvalue weighted by Crippen LogP contribution is 2.21. The van der Waals surface area contributed by atoms with E-state index in [1.807, 2.05) is 6.07 Å². The summed E-state index contributed by atoms with van der Waals surface area (Å²) in [5.74, 6) is 1.01. The summed E-state index contributed by atoms with van der Waals surface area (Å²) in [5.41, 5.74) is 0.691. The zero-order valence-electron chi connectivity index (χ0n) is 14.7. The Balaban J connectivity index is 1.82. The summed E-state index contributed by atoms with van der Waals surface area (Å²) in [6.07, 6.45) is -0.566. The molecule has 1 amide bonds. The number of benzene rings is 2. The molecule has 2 rings (SSSR count). The van der Waals surface area contributed by atoms with Gasteiger partial charge in [-0.05, 0) is 42.8 Å². The van der Waals surface area contributed by atoms with Gasteiger partial charge in [-0.25, -0.2) is 17.9 Å². The van der Waals surface area contributed by atoms with E-state index in [0.717, 1.165) is 0 Å². The van der Waals surface area contributed by atoms with Crippen LogP contribution in [-0.2, 0) is 10.0 Å². The molecule has 0 aromatic heterocycles. The van der Waals surface area contributed by atoms with Crippen molar-refractivity contribution in [3.8, 4) is 11.5 Å². The third-order valence-electron chi connectivity index (χ3n) is 3.37. The normalized spacial score (nSPS) is 11.0. The van der Waals surface area contributed by atoms with Gasteiger partial charge in [0, 0.05) is 6.54 Å². The minimum absolute atomic E-state index is 0.189. The number of nitrogens with one attached hydrogen (secondary N) is 2. The maximum Gasteiger partial charge on any atom is 0.412 e. The van der Waals surface area contributed by atoms with Crippen LogP contribution in [-0.4, -0.2) is 34.2 Å². The van der Waals surface area contributed by atoms with E-state index in [4.69, 9.17) is 9.47 Å². The molecule has 2 aromatic rings. The van der Waals surface area contributed by atoms with Crippen LogP contribution in [0.25, 0.3) is 0 Å². The molecule has 2 N–H and O–H groups in total. The van der Waals surface area contributed by atoms with Crippen LogP contribution in [0, 0.1) is 6.92 Å². The van der Waals surface area contributed by atoms with Crippen LogP contribution in [0.1, 0.15) is 12.5 Å². The van der Waals surface area contributed by atoms with Gasteiger partial charge in [0.1, 0.15) is 18.1 Å². The van der Waals surface area contributed by atoms with Crippen molar-refractivity contribution in [1.29, 1.82) is 0 Å². The number of hydrogen-bond acceptors (Lipinski definition) is 5. The summed E-state index contributed by atoms with van der Waals surface area (Å²) in [4.78, 5) is 11.8. The molecule has 0 spiro atoms. The number of carbonyl (C=O) groups excluding carboxylic acids is 1. The zero-order valence-corrected chi connectivity index (χ0v) is 15.5. The third kappa shape index (κ3) is 5.75. The largest absolute Gasteiger partial charge is 0.491 e. The molecular formula is C18H22N2O5S. The van der Waals surface area contributed by atoms with Crippen LogP contribution in [0.4, 0.5) is 4.79 Å². The van der Waals surface area contributed by atoms with E-state index in [-0.39, 0.29) is 18.0 Å². The number of rotatable bonds is 8. The highest BCUT2D eigenvalue weighted by molar-refractivity contribution is 7.89. The van der Waals surface area contributed by atoms with Crippen molar-refractivity contribution in [3.05, 3.63) is 54.1 Å². The van der Waals surface area contributed by atoms with Crippen molar-refractivity contribution in [1.82, 2.24) is 10.0 Å². The van der Waals surface area contributed by atoms with E-state index in [9.17, 15) is 13.2 Å². The summed E-state index contributed by atoms with van der Waals surface area (Å²) in [7, 11) is -3.49. The van der Waals surface area contributed by atoms with Gasteiger partial charge in [0.2, 0.25) is 10.0 Å². The Morgan fingerprint density at radius 3 is 2.50 bits per heavy atom. The van der Waals surface area contributed by atoms with Crippen LogP contribution in [0.2, 0.25) is 0 Å². The van der Waals surface area contributed by atoms with Crippen molar-refractivity contribution in [3.63, 3.8) is 0 Å². The second-order valence-electron chi connectivity index (χ2n) is 5.41. The molecule has 140 valence electrons. The quantitative estimate of drug-likeness (QED) is 0.688. The number of para-hydroxylation sites is 1. The van der Waals surface area contributed by atoms with Crippen molar-refractivity contribution >= 4 is 16.1 Å². The molecule has 0 radical (unpaired) electrons. The second kappa shape index (κ2) is 9.21. The van der Waals surface area contributed by atoms with Gasteiger partial charge in [0.25, 0.3) is 0 Å². The smallest absolute Gasteiger partial charge is 0.412 e. The molecule has 0 aliphatic heterocycles. The van der Waals surface area contributed by atoms with Crippen LogP contribution < -0.4 is 19.5 Å². The molecule has 0 heterocycles. The molecule has 0 saturated heterocycles. The lowest BCUT2D eigenvalue weighted by molar-refractivity contribution is 0.197. The predicted molar refractivity (Wildman–Crippen MR) is 98.0 cm³/mol. The fourth-order valence-electron chi connectivity index (χ4n) is 2.17. The first-order chi connectivity index (χ1) is 12.4. The Kier molecular flexibility index (Phi) is 6.99. The highest BCUT2D eigenvalue weighted by Gasteiger charge is 2.14. The Morgan fingerprint density at radius 2 is 1.85 bits per heavy atom. The molecule has 7 nitrogen and oxygen atoms in total. The third-order valence-corrected chi connectivity index (χ3v) is 4.92. The van der Waals surface area contributed by atoms with Crippen LogP contribution in [0.5, 0.6) is 11.5 Å². The minimum Gasteiger partial charge on any atom is -0.491 e. The summed E-state index contributed by atoms with van der Waals surface area (Å²) >= 11 is 0. The van der Waals surface area contributed by atoms with Crippen molar-refractivity contribution in [2.75, 3.05) is 19.7 Å². The molecule has 0 atom stereocenters. The van der Waals surface area contributed by atoms with E-state index >= 15 is 0 Å². The lowest BCUT2D eigenvalue weighted by atomic mass is 10.2. The first kappa shape index (κ1) is 19.7. The summed E-state index contributed by atoms with van der Waals surface area (Å²) in [5, 5.41) is 2.58. The van der Waals surface area contributed by atoms with Crippen molar-refractivity contribution in [2.45, 2.75) is 18.7 Å². The predicted octanol–water partition coefficient (Wildman–Crippen LogP) is 2.46. The lowest BCUT2D eigenvalue weighted by Gasteiger charge is -2.12. The number of carbonyl (C=O) groups is 1. The Bertz CT molecular complexity index is 838. The fraction of sp³-hybridized carbons (Fsp3) is 0.278. The molecule has 0 unspecified atom stereocenters. The Morgan fingerprint density at radius 1 is 1.12 bits per heavy atom. The van der Waals surface area contributed by atoms with E-state index < -0.39 is 16.1 Å². The maximum absolute atomic E-state index is 12.0. The standard InChI is InChI=1S/C18H22N2O5S/c1-3-20-26(22,23)16-9-10-17(14(2)13-16)24-12-11-19-18(21)25-15-7-5-4-6-8-15/h4-10,13,20H,3,11-12H2,1-2H3,(H,19,21). The fourth-order valence-corrected chi connectivity index (χ4v) is 3.30. The van der Waals surface area contributed by atoms with E-state index in [1.54, 1.807) is 50.2 Å². The summed E-state index contributed by atoms with van der Waals surface area (Å²) < 4.78 is 37.0. The number of ether oxygens (including phenoxy) is 2. The first-order valence-corrected chi connectivity index (χ1v) is 9.64. The van der Waals surface area contributed by atoms with Gasteiger partial charge < -0.3 is 14.8 Å². The average molecular weight is 378 g/mol. The molecule has 8 heteroatoms. The van der Waals surface area contributed by atoms with Crippen LogP contribution in [0.3, 0.4) is 0 Å². The molecule has 0 bridgehead atoms. The molecule has 0 aliphatic rings. The van der Waals surface area contributed by atoms with Gasteiger partial charge in [0.05, 0.1) is 11.4 Å². The molecule has 0 fully saturated rings. The van der Waals surface area contributed by atoms with Gasteiger partial charge in [-0.1, -0.05) is 25.1 Å². The monoisotopic (exact) mass is 378 g/mol. The van der Waals surface area contributed by atoms with Crippen molar-refractivity contribution < 1.29 is 22.7 Å². The average Bonchev–Trinajstić information content (AvgIpc) is 2.60. The van der Waals surface area contributed by atoms with E-state index in [2.05, 4.69) is 10.0 Å². The number of sulfonamides is 1. The van der Waals surface area contributed by atoms with Gasteiger partial charge in [0.15, 0.2) is 0 Å². The van der Waals surface area contributed by atoms with Crippen molar-refractivity contribution in [2.24, 2.45) is 0 Å². The van der Waals surface area contributed by atoms with Gasteiger partial charge in [-0.2, -0.15) is 0 Å². The van der Waals surface area contributed by atoms with Gasteiger partial charge >= 0.3 is 6.09 Å². The summed E-state index contributed by atoms with van der Waals surface area (Å²) in [6.45, 7) is 4.28. The number of aryl methyl sites for hydroxylation is 1. The molecule has 2 aromatic carbocycles. The molecule has 26 heavy (non-hydrogen) atoms. The Labute approximate surface area is 153 Å². The van der Waals surface area contributed by atoms with E-state index in [0.29, 0.717) is 23.6 Å². The molecular weight excluding hydrogens is 356 g/mol. The lowest BCUT2D eigenvalue weighted by Crippen LogP contribution is -2.30. The summed E-state index contributed by atoms with van der Waals surface area (Å²) in [6, 6.07) is 13.4. The van der Waals surface area contributed by atoms with Gasteiger partial charge in [-0.3, -0.25) is 0 Å². The van der Waals surface area contributed by atoms with Gasteiger partial charge in [-0.15, -0.1) is 0 Å². The van der Waals surface area contributed by atoms with E-state index in [1.165, 1.54) is 6.07 Å².